The van der Waals surface area contributed by atoms with Crippen molar-refractivity contribution in [2.75, 3.05) is 33.4 Å². The molecule has 1 aliphatic rings. The first-order valence-electron chi connectivity index (χ1n) is 9.52. The molecule has 2 amide bonds. The van der Waals surface area contributed by atoms with Crippen molar-refractivity contribution in [2.45, 2.75) is 45.7 Å². The maximum atomic E-state index is 13.2. The second kappa shape index (κ2) is 10.2. The Labute approximate surface area is 161 Å². The van der Waals surface area contributed by atoms with E-state index in [0.717, 1.165) is 25.9 Å². The zero-order chi connectivity index (χ0) is 19.8. The van der Waals surface area contributed by atoms with Gasteiger partial charge < -0.3 is 25.0 Å². The lowest BCUT2D eigenvalue weighted by atomic mass is 10.0. The summed E-state index contributed by atoms with van der Waals surface area (Å²) in [6.07, 6.45) is 2.08. The topological polar surface area (TPSA) is 79.9 Å². The maximum Gasteiger partial charge on any atom is 0.254 e. The van der Waals surface area contributed by atoms with Crippen LogP contribution < -0.4 is 20.1 Å². The molecule has 150 valence electrons. The fourth-order valence-electron chi connectivity index (χ4n) is 3.35. The number of piperidine rings is 1. The van der Waals surface area contributed by atoms with Gasteiger partial charge in [-0.05, 0) is 51.4 Å². The van der Waals surface area contributed by atoms with Gasteiger partial charge in [-0.3, -0.25) is 9.59 Å². The average molecular weight is 377 g/mol. The number of carbonyl (C=O) groups is 2. The third-order valence-electron chi connectivity index (χ3n) is 4.60. The van der Waals surface area contributed by atoms with Crippen LogP contribution in [0.2, 0.25) is 0 Å². The van der Waals surface area contributed by atoms with Crippen molar-refractivity contribution in [1.29, 1.82) is 0 Å². The lowest BCUT2D eigenvalue weighted by molar-refractivity contribution is -0.119. The van der Waals surface area contributed by atoms with E-state index in [-0.39, 0.29) is 23.9 Å². The van der Waals surface area contributed by atoms with E-state index in [1.54, 1.807) is 25.3 Å². The van der Waals surface area contributed by atoms with E-state index in [4.69, 9.17) is 9.47 Å². The molecule has 0 unspecified atom stereocenters. The zero-order valence-electron chi connectivity index (χ0n) is 16.7. The van der Waals surface area contributed by atoms with Crippen LogP contribution in [0.5, 0.6) is 11.5 Å². The molecule has 2 rings (SSSR count). The van der Waals surface area contributed by atoms with Gasteiger partial charge in [-0.2, -0.15) is 0 Å². The predicted octanol–water partition coefficient (Wildman–Crippen LogP) is 1.81. The van der Waals surface area contributed by atoms with Crippen LogP contribution in [-0.4, -0.2) is 62.1 Å². The molecule has 1 aromatic rings. The quantitative estimate of drug-likeness (QED) is 0.676. The number of carbonyl (C=O) groups excluding carboxylic acids is 2. The number of ether oxygens (including phenoxy) is 2. The van der Waals surface area contributed by atoms with Crippen LogP contribution in [0.15, 0.2) is 18.2 Å². The first-order valence-corrected chi connectivity index (χ1v) is 9.52. The SMILES string of the molecule is COc1ccc(C(=O)N(C(C)C)[C@@H]2CCCNC2)cc1OCCNC(C)=O. The average Bonchev–Trinajstić information content (AvgIpc) is 2.65. The third kappa shape index (κ3) is 5.85. The zero-order valence-corrected chi connectivity index (χ0v) is 16.7. The van der Waals surface area contributed by atoms with Crippen LogP contribution in [0.4, 0.5) is 0 Å². The van der Waals surface area contributed by atoms with E-state index in [9.17, 15) is 9.59 Å². The molecule has 0 spiro atoms. The van der Waals surface area contributed by atoms with Gasteiger partial charge in [0.25, 0.3) is 5.91 Å². The standard InChI is InChI=1S/C20H31N3O4/c1-14(2)23(17-6-5-9-21-13-17)20(25)16-7-8-18(26-4)19(12-16)27-11-10-22-15(3)24/h7-8,12,14,17,21H,5-6,9-11,13H2,1-4H3,(H,22,24)/t17-/m1/s1. The van der Waals surface area contributed by atoms with Gasteiger partial charge >= 0.3 is 0 Å². The smallest absolute Gasteiger partial charge is 0.254 e. The fourth-order valence-corrected chi connectivity index (χ4v) is 3.35. The number of hydrogen-bond acceptors (Lipinski definition) is 5. The highest BCUT2D eigenvalue weighted by atomic mass is 16.5. The molecule has 1 atom stereocenters. The summed E-state index contributed by atoms with van der Waals surface area (Å²) in [6.45, 7) is 8.06. The Morgan fingerprint density at radius 3 is 2.70 bits per heavy atom. The minimum atomic E-state index is -0.108. The van der Waals surface area contributed by atoms with Gasteiger partial charge in [0.05, 0.1) is 13.7 Å². The molecule has 0 bridgehead atoms. The van der Waals surface area contributed by atoms with E-state index < -0.39 is 0 Å². The summed E-state index contributed by atoms with van der Waals surface area (Å²) < 4.78 is 11.1. The van der Waals surface area contributed by atoms with Gasteiger partial charge in [0.15, 0.2) is 11.5 Å². The summed E-state index contributed by atoms with van der Waals surface area (Å²) in [4.78, 5) is 26.1. The molecule has 7 heteroatoms. The maximum absolute atomic E-state index is 13.2. The molecule has 1 heterocycles. The minimum absolute atomic E-state index is 0.00642. The number of amides is 2. The van der Waals surface area contributed by atoms with Crippen LogP contribution >= 0.6 is 0 Å². The Morgan fingerprint density at radius 1 is 1.33 bits per heavy atom. The molecule has 7 nitrogen and oxygen atoms in total. The van der Waals surface area contributed by atoms with Gasteiger partial charge in [-0.25, -0.2) is 0 Å². The van der Waals surface area contributed by atoms with Crippen molar-refractivity contribution in [3.8, 4) is 11.5 Å². The van der Waals surface area contributed by atoms with Gasteiger partial charge in [0.2, 0.25) is 5.91 Å². The molecular weight excluding hydrogens is 346 g/mol. The van der Waals surface area contributed by atoms with Crippen molar-refractivity contribution in [3.63, 3.8) is 0 Å². The first kappa shape index (κ1) is 21.0. The van der Waals surface area contributed by atoms with Crippen molar-refractivity contribution in [1.82, 2.24) is 15.5 Å². The largest absolute Gasteiger partial charge is 0.493 e. The van der Waals surface area contributed by atoms with Crippen molar-refractivity contribution >= 4 is 11.8 Å². The molecule has 1 aliphatic heterocycles. The predicted molar refractivity (Wildman–Crippen MR) is 104 cm³/mol. The van der Waals surface area contributed by atoms with E-state index in [1.807, 2.05) is 18.7 Å². The lowest BCUT2D eigenvalue weighted by Crippen LogP contribution is -2.51. The van der Waals surface area contributed by atoms with Crippen LogP contribution in [0.3, 0.4) is 0 Å². The van der Waals surface area contributed by atoms with Crippen LogP contribution in [-0.2, 0) is 4.79 Å². The molecule has 0 aromatic heterocycles. The van der Waals surface area contributed by atoms with E-state index in [1.165, 1.54) is 6.92 Å². The number of hydrogen-bond donors (Lipinski definition) is 2. The highest BCUT2D eigenvalue weighted by molar-refractivity contribution is 5.95. The normalized spacial score (nSPS) is 16.7. The third-order valence-corrected chi connectivity index (χ3v) is 4.60. The minimum Gasteiger partial charge on any atom is -0.493 e. The van der Waals surface area contributed by atoms with Gasteiger partial charge in [-0.1, -0.05) is 0 Å². The Kier molecular flexibility index (Phi) is 7.91. The molecular formula is C20H31N3O4. The molecule has 0 saturated carbocycles. The monoisotopic (exact) mass is 377 g/mol. The highest BCUT2D eigenvalue weighted by Crippen LogP contribution is 2.29. The Morgan fingerprint density at radius 2 is 2.11 bits per heavy atom. The molecule has 2 N–H and O–H groups in total. The summed E-state index contributed by atoms with van der Waals surface area (Å²) in [5, 5.41) is 6.06. The molecule has 1 fully saturated rings. The van der Waals surface area contributed by atoms with Crippen molar-refractivity contribution in [3.05, 3.63) is 23.8 Å². The van der Waals surface area contributed by atoms with Gasteiger partial charge in [-0.15, -0.1) is 0 Å². The second-order valence-corrected chi connectivity index (χ2v) is 7.00. The van der Waals surface area contributed by atoms with E-state index in [0.29, 0.717) is 30.2 Å². The Hall–Kier alpha value is -2.28. The van der Waals surface area contributed by atoms with Crippen LogP contribution in [0, 0.1) is 0 Å². The summed E-state index contributed by atoms with van der Waals surface area (Å²) in [5.74, 6) is 0.945. The van der Waals surface area contributed by atoms with Crippen molar-refractivity contribution < 1.29 is 19.1 Å². The first-order chi connectivity index (χ1) is 12.9. The summed E-state index contributed by atoms with van der Waals surface area (Å²) in [7, 11) is 1.56. The Bertz CT molecular complexity index is 642. The number of benzene rings is 1. The summed E-state index contributed by atoms with van der Waals surface area (Å²) >= 11 is 0. The molecule has 1 aromatic carbocycles. The molecule has 1 saturated heterocycles. The van der Waals surface area contributed by atoms with Crippen molar-refractivity contribution in [2.24, 2.45) is 0 Å². The van der Waals surface area contributed by atoms with E-state index in [2.05, 4.69) is 10.6 Å². The number of rotatable bonds is 8. The van der Waals surface area contributed by atoms with Crippen LogP contribution in [0.1, 0.15) is 44.0 Å². The fraction of sp³-hybridized carbons (Fsp3) is 0.600. The van der Waals surface area contributed by atoms with Gasteiger partial charge in [0, 0.05) is 31.1 Å². The lowest BCUT2D eigenvalue weighted by Gasteiger charge is -2.37. The number of nitrogens with one attached hydrogen (secondary N) is 2. The summed E-state index contributed by atoms with van der Waals surface area (Å²) in [6, 6.07) is 5.54. The number of nitrogens with zero attached hydrogens (tertiary/aromatic N) is 1. The Balaban J connectivity index is 2.16. The second-order valence-electron chi connectivity index (χ2n) is 7.00. The number of methoxy groups -OCH3 is 1. The van der Waals surface area contributed by atoms with E-state index >= 15 is 0 Å². The van der Waals surface area contributed by atoms with Crippen LogP contribution in [0.25, 0.3) is 0 Å². The molecule has 0 radical (unpaired) electrons. The highest BCUT2D eigenvalue weighted by Gasteiger charge is 2.28. The molecule has 27 heavy (non-hydrogen) atoms. The van der Waals surface area contributed by atoms with Gasteiger partial charge in [0.1, 0.15) is 6.61 Å². The molecule has 0 aliphatic carbocycles. The summed E-state index contributed by atoms with van der Waals surface area (Å²) in [5.41, 5.74) is 0.574.